The van der Waals surface area contributed by atoms with Crippen molar-refractivity contribution in [3.8, 4) is 11.5 Å². The molecule has 0 aliphatic rings. The molecule has 1 heterocycles. The molecule has 2 N–H and O–H groups in total. The molecule has 0 aliphatic heterocycles. The molecule has 0 amide bonds. The van der Waals surface area contributed by atoms with Gasteiger partial charge in [-0.15, -0.1) is 0 Å². The van der Waals surface area contributed by atoms with Crippen molar-refractivity contribution in [3.63, 3.8) is 0 Å². The third-order valence-electron chi connectivity index (χ3n) is 2.84. The van der Waals surface area contributed by atoms with E-state index >= 15 is 0 Å². The first-order valence-corrected chi connectivity index (χ1v) is 6.35. The van der Waals surface area contributed by atoms with Crippen molar-refractivity contribution in [1.29, 1.82) is 0 Å². The number of benzene rings is 2. The normalized spacial score (nSPS) is 11.0. The van der Waals surface area contributed by atoms with E-state index in [2.05, 4.69) is 20.9 Å². The van der Waals surface area contributed by atoms with Crippen molar-refractivity contribution < 1.29 is 4.42 Å². The summed E-state index contributed by atoms with van der Waals surface area (Å²) < 4.78 is 6.76. The van der Waals surface area contributed by atoms with Gasteiger partial charge >= 0.3 is 0 Å². The highest BCUT2D eigenvalue weighted by Gasteiger charge is 2.11. The van der Waals surface area contributed by atoms with Crippen LogP contribution in [-0.4, -0.2) is 4.98 Å². The smallest absolute Gasteiger partial charge is 0.227 e. The lowest BCUT2D eigenvalue weighted by molar-refractivity contribution is 0.619. The molecule has 0 unspecified atom stereocenters. The van der Waals surface area contributed by atoms with E-state index in [0.717, 1.165) is 26.7 Å². The number of nitrogens with two attached hydrogens (primary N) is 1. The van der Waals surface area contributed by atoms with Crippen molar-refractivity contribution in [1.82, 2.24) is 4.98 Å². The molecule has 3 nitrogen and oxygen atoms in total. The van der Waals surface area contributed by atoms with Crippen LogP contribution in [0.5, 0.6) is 0 Å². The van der Waals surface area contributed by atoms with Gasteiger partial charge in [-0.1, -0.05) is 22.0 Å². The Hall–Kier alpha value is -1.81. The van der Waals surface area contributed by atoms with E-state index in [1.54, 1.807) is 0 Å². The summed E-state index contributed by atoms with van der Waals surface area (Å²) in [5, 5.41) is 0. The van der Waals surface area contributed by atoms with E-state index in [-0.39, 0.29) is 0 Å². The molecule has 18 heavy (non-hydrogen) atoms. The maximum absolute atomic E-state index is 5.76. The summed E-state index contributed by atoms with van der Waals surface area (Å²) in [6.45, 7) is 2.03. The Balaban J connectivity index is 2.22. The van der Waals surface area contributed by atoms with Gasteiger partial charge in [0.2, 0.25) is 5.89 Å². The van der Waals surface area contributed by atoms with Crippen LogP contribution in [0.4, 0.5) is 5.69 Å². The zero-order valence-corrected chi connectivity index (χ0v) is 11.4. The Bertz CT molecular complexity index is 734. The minimum Gasteiger partial charge on any atom is -0.436 e. The van der Waals surface area contributed by atoms with E-state index in [4.69, 9.17) is 10.2 Å². The fourth-order valence-corrected chi connectivity index (χ4v) is 2.25. The number of aryl methyl sites for hydroxylation is 1. The average molecular weight is 303 g/mol. The molecule has 0 aliphatic carbocycles. The molecule has 0 bridgehead atoms. The summed E-state index contributed by atoms with van der Waals surface area (Å²) in [6.07, 6.45) is 0. The number of anilines is 1. The van der Waals surface area contributed by atoms with Crippen LogP contribution in [0.15, 0.2) is 45.3 Å². The molecule has 90 valence electrons. The Morgan fingerprint density at radius 1 is 1.17 bits per heavy atom. The summed E-state index contributed by atoms with van der Waals surface area (Å²) >= 11 is 3.46. The van der Waals surface area contributed by atoms with Gasteiger partial charge in [-0.3, -0.25) is 0 Å². The Kier molecular flexibility index (Phi) is 2.59. The lowest BCUT2D eigenvalue weighted by Crippen LogP contribution is -1.83. The first-order chi connectivity index (χ1) is 8.63. The average Bonchev–Trinajstić information content (AvgIpc) is 2.74. The van der Waals surface area contributed by atoms with Crippen LogP contribution in [0.2, 0.25) is 0 Å². The summed E-state index contributed by atoms with van der Waals surface area (Å²) in [5.74, 6) is 0.620. The Labute approximate surface area is 113 Å². The summed E-state index contributed by atoms with van der Waals surface area (Å²) in [5.41, 5.74) is 10.1. The van der Waals surface area contributed by atoms with Crippen LogP contribution in [-0.2, 0) is 0 Å². The number of halogens is 1. The van der Waals surface area contributed by atoms with Gasteiger partial charge in [-0.25, -0.2) is 4.98 Å². The van der Waals surface area contributed by atoms with Gasteiger partial charge in [0, 0.05) is 15.7 Å². The number of nitrogens with zero attached hydrogens (tertiary/aromatic N) is 1. The number of hydrogen-bond donors (Lipinski definition) is 1. The minimum absolute atomic E-state index is 0.620. The van der Waals surface area contributed by atoms with E-state index in [1.165, 1.54) is 0 Å². The molecule has 0 spiro atoms. The zero-order valence-electron chi connectivity index (χ0n) is 9.77. The van der Waals surface area contributed by atoms with Gasteiger partial charge in [-0.2, -0.15) is 0 Å². The molecule has 0 radical (unpaired) electrons. The molecule has 1 aromatic heterocycles. The first kappa shape index (κ1) is 11.3. The summed E-state index contributed by atoms with van der Waals surface area (Å²) in [6, 6.07) is 11.5. The second-order valence-electron chi connectivity index (χ2n) is 4.21. The van der Waals surface area contributed by atoms with Crippen molar-refractivity contribution in [3.05, 3.63) is 46.4 Å². The van der Waals surface area contributed by atoms with Crippen LogP contribution >= 0.6 is 15.9 Å². The van der Waals surface area contributed by atoms with Gasteiger partial charge in [0.25, 0.3) is 0 Å². The molecule has 0 fully saturated rings. The SMILES string of the molecule is Cc1ccc(Br)cc1-c1nc2cc(N)ccc2o1. The van der Waals surface area contributed by atoms with Crippen LogP contribution in [0, 0.1) is 6.92 Å². The van der Waals surface area contributed by atoms with E-state index in [1.807, 2.05) is 43.3 Å². The third-order valence-corrected chi connectivity index (χ3v) is 3.33. The van der Waals surface area contributed by atoms with Crippen molar-refractivity contribution in [2.75, 3.05) is 5.73 Å². The number of aromatic nitrogens is 1. The molecule has 3 rings (SSSR count). The third kappa shape index (κ3) is 1.88. The maximum Gasteiger partial charge on any atom is 0.227 e. The zero-order chi connectivity index (χ0) is 12.7. The van der Waals surface area contributed by atoms with Gasteiger partial charge in [0.1, 0.15) is 5.52 Å². The Morgan fingerprint density at radius 3 is 2.83 bits per heavy atom. The quantitative estimate of drug-likeness (QED) is 0.687. The lowest BCUT2D eigenvalue weighted by atomic mass is 10.1. The van der Waals surface area contributed by atoms with Gasteiger partial charge in [0.05, 0.1) is 0 Å². The van der Waals surface area contributed by atoms with E-state index in [0.29, 0.717) is 11.6 Å². The molecule has 4 heteroatoms. The number of nitrogen functional groups attached to an aromatic ring is 1. The van der Waals surface area contributed by atoms with E-state index in [9.17, 15) is 0 Å². The highest BCUT2D eigenvalue weighted by Crippen LogP contribution is 2.29. The van der Waals surface area contributed by atoms with Crippen molar-refractivity contribution >= 4 is 32.7 Å². The van der Waals surface area contributed by atoms with Crippen LogP contribution < -0.4 is 5.73 Å². The summed E-state index contributed by atoms with van der Waals surface area (Å²) in [7, 11) is 0. The second-order valence-corrected chi connectivity index (χ2v) is 5.12. The van der Waals surface area contributed by atoms with Crippen LogP contribution in [0.25, 0.3) is 22.6 Å². The molecular formula is C14H11BrN2O. The van der Waals surface area contributed by atoms with Crippen molar-refractivity contribution in [2.45, 2.75) is 6.92 Å². The van der Waals surface area contributed by atoms with Gasteiger partial charge < -0.3 is 10.2 Å². The molecule has 0 saturated heterocycles. The number of fused-ring (bicyclic) bond motifs is 1. The molecule has 2 aromatic carbocycles. The van der Waals surface area contributed by atoms with Gasteiger partial charge in [0.15, 0.2) is 5.58 Å². The highest BCUT2D eigenvalue weighted by molar-refractivity contribution is 9.10. The van der Waals surface area contributed by atoms with Gasteiger partial charge in [-0.05, 0) is 42.8 Å². The fourth-order valence-electron chi connectivity index (χ4n) is 1.88. The minimum atomic E-state index is 0.620. The molecule has 0 atom stereocenters. The topological polar surface area (TPSA) is 52.0 Å². The predicted octanol–water partition coefficient (Wildman–Crippen LogP) is 4.15. The van der Waals surface area contributed by atoms with Crippen LogP contribution in [0.1, 0.15) is 5.56 Å². The monoisotopic (exact) mass is 302 g/mol. The largest absolute Gasteiger partial charge is 0.436 e. The Morgan fingerprint density at radius 2 is 2.00 bits per heavy atom. The van der Waals surface area contributed by atoms with E-state index < -0.39 is 0 Å². The standard InChI is InChI=1S/C14H11BrN2O/c1-8-2-3-9(15)6-11(8)14-17-12-7-10(16)4-5-13(12)18-14/h2-7H,16H2,1H3. The predicted molar refractivity (Wildman–Crippen MR) is 76.3 cm³/mol. The molecular weight excluding hydrogens is 292 g/mol. The summed E-state index contributed by atoms with van der Waals surface area (Å²) in [4.78, 5) is 4.48. The molecule has 3 aromatic rings. The highest BCUT2D eigenvalue weighted by atomic mass is 79.9. The first-order valence-electron chi connectivity index (χ1n) is 5.56. The molecule has 0 saturated carbocycles. The number of rotatable bonds is 1. The number of oxazole rings is 1. The number of hydrogen-bond acceptors (Lipinski definition) is 3. The van der Waals surface area contributed by atoms with Crippen LogP contribution in [0.3, 0.4) is 0 Å². The fraction of sp³-hybridized carbons (Fsp3) is 0.0714. The van der Waals surface area contributed by atoms with Crippen molar-refractivity contribution in [2.24, 2.45) is 0 Å². The second kappa shape index (κ2) is 4.14. The maximum atomic E-state index is 5.76. The lowest BCUT2D eigenvalue weighted by Gasteiger charge is -2.01.